The van der Waals surface area contributed by atoms with Crippen LogP contribution in [-0.2, 0) is 11.3 Å². The fourth-order valence-electron chi connectivity index (χ4n) is 3.10. The molecular formula is C18H20N2O5. The van der Waals surface area contributed by atoms with Crippen LogP contribution >= 0.6 is 0 Å². The number of nitrogens with zero attached hydrogens (tertiary/aromatic N) is 1. The van der Waals surface area contributed by atoms with Crippen molar-refractivity contribution in [3.63, 3.8) is 0 Å². The Morgan fingerprint density at radius 3 is 2.80 bits per heavy atom. The molecule has 2 aliphatic heterocycles. The summed E-state index contributed by atoms with van der Waals surface area (Å²) in [7, 11) is 0. The number of hydrogen-bond donors (Lipinski definition) is 1. The third-order valence-corrected chi connectivity index (χ3v) is 4.42. The first kappa shape index (κ1) is 15.8. The van der Waals surface area contributed by atoms with Gasteiger partial charge < -0.3 is 28.8 Å². The van der Waals surface area contributed by atoms with Crippen LogP contribution in [0.5, 0.6) is 11.5 Å². The number of ether oxygens (including phenoxy) is 3. The predicted octanol–water partition coefficient (Wildman–Crippen LogP) is 3.22. The van der Waals surface area contributed by atoms with Gasteiger partial charge in [0.15, 0.2) is 11.5 Å². The third kappa shape index (κ3) is 3.56. The van der Waals surface area contributed by atoms with Crippen LogP contribution in [0, 0.1) is 0 Å². The summed E-state index contributed by atoms with van der Waals surface area (Å²) in [6.07, 6.45) is 3.25. The topological polar surface area (TPSA) is 73.2 Å². The molecule has 132 valence electrons. The molecule has 2 aliphatic rings. The lowest BCUT2D eigenvalue weighted by Crippen LogP contribution is -2.45. The Morgan fingerprint density at radius 2 is 2.00 bits per heavy atom. The normalized spacial score (nSPS) is 16.6. The largest absolute Gasteiger partial charge is 0.467 e. The zero-order valence-electron chi connectivity index (χ0n) is 13.8. The van der Waals surface area contributed by atoms with Crippen LogP contribution in [0.25, 0.3) is 0 Å². The highest BCUT2D eigenvalue weighted by Crippen LogP contribution is 2.34. The molecule has 0 aliphatic carbocycles. The van der Waals surface area contributed by atoms with Gasteiger partial charge in [-0.1, -0.05) is 0 Å². The number of furan rings is 1. The molecule has 2 aromatic rings. The maximum atomic E-state index is 12.9. The molecule has 1 aromatic carbocycles. The number of anilines is 1. The third-order valence-electron chi connectivity index (χ3n) is 4.42. The van der Waals surface area contributed by atoms with Gasteiger partial charge in [0.2, 0.25) is 6.79 Å². The summed E-state index contributed by atoms with van der Waals surface area (Å²) in [6, 6.07) is 9.03. The minimum Gasteiger partial charge on any atom is -0.467 e. The van der Waals surface area contributed by atoms with E-state index in [0.29, 0.717) is 36.9 Å². The standard InChI is InChI=1S/C18H20N2O5/c21-18(19-13-3-4-16-17(10-13)25-12-24-16)20(11-15-2-1-7-23-15)14-5-8-22-9-6-14/h1-4,7,10,14H,5-6,8-9,11-12H2,(H,19,21). The first-order chi connectivity index (χ1) is 12.3. The summed E-state index contributed by atoms with van der Waals surface area (Å²) < 4.78 is 21.5. The Balaban J connectivity index is 1.50. The molecule has 0 spiro atoms. The van der Waals surface area contributed by atoms with E-state index in [1.165, 1.54) is 0 Å². The zero-order chi connectivity index (χ0) is 17.1. The van der Waals surface area contributed by atoms with E-state index in [1.54, 1.807) is 24.5 Å². The molecule has 0 atom stereocenters. The molecule has 1 N–H and O–H groups in total. The summed E-state index contributed by atoms with van der Waals surface area (Å²) in [6.45, 7) is 1.96. The van der Waals surface area contributed by atoms with Crippen molar-refractivity contribution in [3.05, 3.63) is 42.4 Å². The van der Waals surface area contributed by atoms with Crippen molar-refractivity contribution in [2.24, 2.45) is 0 Å². The highest BCUT2D eigenvalue weighted by molar-refractivity contribution is 5.90. The van der Waals surface area contributed by atoms with Crippen LogP contribution in [0.4, 0.5) is 10.5 Å². The van der Waals surface area contributed by atoms with Crippen molar-refractivity contribution in [1.82, 2.24) is 4.90 Å². The number of rotatable bonds is 4. The predicted molar refractivity (Wildman–Crippen MR) is 89.7 cm³/mol. The number of benzene rings is 1. The van der Waals surface area contributed by atoms with Crippen LogP contribution in [0.15, 0.2) is 41.0 Å². The van der Waals surface area contributed by atoms with Gasteiger partial charge in [-0.3, -0.25) is 0 Å². The number of carbonyl (C=O) groups excluding carboxylic acids is 1. The number of amides is 2. The fourth-order valence-corrected chi connectivity index (χ4v) is 3.10. The van der Waals surface area contributed by atoms with Crippen molar-refractivity contribution in [2.75, 3.05) is 25.3 Å². The van der Waals surface area contributed by atoms with Gasteiger partial charge in [-0.25, -0.2) is 4.79 Å². The number of nitrogens with one attached hydrogen (secondary N) is 1. The number of hydrogen-bond acceptors (Lipinski definition) is 5. The van der Waals surface area contributed by atoms with Crippen LogP contribution in [0.1, 0.15) is 18.6 Å². The lowest BCUT2D eigenvalue weighted by molar-refractivity contribution is 0.0443. The maximum Gasteiger partial charge on any atom is 0.322 e. The summed E-state index contributed by atoms with van der Waals surface area (Å²) >= 11 is 0. The average molecular weight is 344 g/mol. The van der Waals surface area contributed by atoms with Gasteiger partial charge in [0, 0.05) is 31.0 Å². The SMILES string of the molecule is O=C(Nc1ccc2c(c1)OCO2)N(Cc1ccco1)C1CCOCC1. The molecule has 2 amide bonds. The molecular weight excluding hydrogens is 324 g/mol. The Hall–Kier alpha value is -2.67. The smallest absolute Gasteiger partial charge is 0.322 e. The van der Waals surface area contributed by atoms with Crippen molar-refractivity contribution in [1.29, 1.82) is 0 Å². The van der Waals surface area contributed by atoms with Crippen LogP contribution in [0.3, 0.4) is 0 Å². The Kier molecular flexibility index (Phi) is 4.47. The fraction of sp³-hybridized carbons (Fsp3) is 0.389. The molecule has 25 heavy (non-hydrogen) atoms. The molecule has 1 aromatic heterocycles. The molecule has 0 bridgehead atoms. The number of carbonyl (C=O) groups is 1. The minimum atomic E-state index is -0.165. The monoisotopic (exact) mass is 344 g/mol. The lowest BCUT2D eigenvalue weighted by Gasteiger charge is -2.33. The molecule has 0 radical (unpaired) electrons. The van der Waals surface area contributed by atoms with Gasteiger partial charge in [-0.2, -0.15) is 0 Å². The molecule has 0 saturated carbocycles. The highest BCUT2D eigenvalue weighted by Gasteiger charge is 2.27. The quantitative estimate of drug-likeness (QED) is 0.922. The van der Waals surface area contributed by atoms with E-state index >= 15 is 0 Å². The summed E-state index contributed by atoms with van der Waals surface area (Å²) in [5.74, 6) is 2.09. The van der Waals surface area contributed by atoms with E-state index in [2.05, 4.69) is 5.32 Å². The van der Waals surface area contributed by atoms with Gasteiger partial charge in [0.05, 0.1) is 12.8 Å². The molecule has 3 heterocycles. The van der Waals surface area contributed by atoms with Crippen LogP contribution in [0.2, 0.25) is 0 Å². The lowest BCUT2D eigenvalue weighted by atomic mass is 10.1. The molecule has 1 saturated heterocycles. The minimum absolute atomic E-state index is 0.118. The van der Waals surface area contributed by atoms with E-state index in [0.717, 1.165) is 18.6 Å². The van der Waals surface area contributed by atoms with E-state index in [-0.39, 0.29) is 18.9 Å². The molecule has 4 rings (SSSR count). The average Bonchev–Trinajstić information content (AvgIpc) is 3.31. The van der Waals surface area contributed by atoms with Crippen LogP contribution in [-0.4, -0.2) is 37.0 Å². The van der Waals surface area contributed by atoms with Crippen LogP contribution < -0.4 is 14.8 Å². The van der Waals surface area contributed by atoms with Crippen molar-refractivity contribution in [3.8, 4) is 11.5 Å². The van der Waals surface area contributed by atoms with E-state index in [1.807, 2.05) is 17.0 Å². The summed E-state index contributed by atoms with van der Waals surface area (Å²) in [5.41, 5.74) is 0.672. The molecule has 1 fully saturated rings. The van der Waals surface area contributed by atoms with Gasteiger partial charge >= 0.3 is 6.03 Å². The first-order valence-electron chi connectivity index (χ1n) is 8.37. The molecule has 7 nitrogen and oxygen atoms in total. The Morgan fingerprint density at radius 1 is 1.16 bits per heavy atom. The molecule has 0 unspecified atom stereocenters. The van der Waals surface area contributed by atoms with Crippen molar-refractivity contribution in [2.45, 2.75) is 25.4 Å². The van der Waals surface area contributed by atoms with E-state index in [4.69, 9.17) is 18.6 Å². The zero-order valence-corrected chi connectivity index (χ0v) is 13.8. The van der Waals surface area contributed by atoms with Gasteiger partial charge in [0.1, 0.15) is 5.76 Å². The second-order valence-corrected chi connectivity index (χ2v) is 6.05. The van der Waals surface area contributed by atoms with Gasteiger partial charge in [-0.05, 0) is 37.1 Å². The van der Waals surface area contributed by atoms with E-state index in [9.17, 15) is 4.79 Å². The van der Waals surface area contributed by atoms with Crippen molar-refractivity contribution >= 4 is 11.7 Å². The van der Waals surface area contributed by atoms with Gasteiger partial charge in [0.25, 0.3) is 0 Å². The maximum absolute atomic E-state index is 12.9. The number of fused-ring (bicyclic) bond motifs is 1. The Bertz CT molecular complexity index is 725. The Labute approximate surface area is 145 Å². The second kappa shape index (κ2) is 7.06. The first-order valence-corrected chi connectivity index (χ1v) is 8.37. The van der Waals surface area contributed by atoms with E-state index < -0.39 is 0 Å². The van der Waals surface area contributed by atoms with Gasteiger partial charge in [-0.15, -0.1) is 0 Å². The number of urea groups is 1. The van der Waals surface area contributed by atoms with Crippen molar-refractivity contribution < 1.29 is 23.4 Å². The highest BCUT2D eigenvalue weighted by atomic mass is 16.7. The second-order valence-electron chi connectivity index (χ2n) is 6.05. The summed E-state index contributed by atoms with van der Waals surface area (Å²) in [4.78, 5) is 14.7. The molecule has 7 heteroatoms. The summed E-state index contributed by atoms with van der Waals surface area (Å²) in [5, 5.41) is 2.95.